The van der Waals surface area contributed by atoms with Crippen molar-refractivity contribution in [2.45, 2.75) is 0 Å². The summed E-state index contributed by atoms with van der Waals surface area (Å²) in [5, 5.41) is 13.0. The molecule has 2 aliphatic heterocycles. The molecule has 7 rings (SSSR count). The quantitative estimate of drug-likeness (QED) is 0.165. The van der Waals surface area contributed by atoms with E-state index in [2.05, 4.69) is 46.4 Å². The minimum Gasteiger partial charge on any atom is -0.509 e. The fourth-order valence-electron chi connectivity index (χ4n) is 4.54. The molecule has 206 valence electrons. The van der Waals surface area contributed by atoms with Crippen LogP contribution in [0.2, 0.25) is 0 Å². The minimum atomic E-state index is 0. The third-order valence-corrected chi connectivity index (χ3v) is 6.53. The van der Waals surface area contributed by atoms with E-state index < -0.39 is 0 Å². The second kappa shape index (κ2) is 12.3. The zero-order valence-corrected chi connectivity index (χ0v) is 24.5. The summed E-state index contributed by atoms with van der Waals surface area (Å²) < 4.78 is 6.19. The maximum absolute atomic E-state index is 6.19. The predicted molar refractivity (Wildman–Crippen MR) is 164 cm³/mol. The number of hydrogen-bond acceptors (Lipinski definition) is 7. The molecule has 0 fully saturated rings. The van der Waals surface area contributed by atoms with Gasteiger partial charge in [-0.15, -0.1) is 49.7 Å². The van der Waals surface area contributed by atoms with Gasteiger partial charge in [-0.2, -0.15) is 22.3 Å². The molecule has 2 heterocycles. The van der Waals surface area contributed by atoms with Gasteiger partial charge in [-0.25, -0.2) is 0 Å². The van der Waals surface area contributed by atoms with Crippen LogP contribution in [0.15, 0.2) is 138 Å². The molecule has 7 nitrogen and oxygen atoms in total. The smallest absolute Gasteiger partial charge is 0.509 e. The number of nitrogens with zero attached hydrogens (tertiary/aromatic N) is 6. The number of ether oxygens (including phenoxy) is 1. The number of para-hydroxylation sites is 2. The first-order valence-corrected chi connectivity index (χ1v) is 13.2. The van der Waals surface area contributed by atoms with Crippen molar-refractivity contribution in [2.24, 2.45) is 10.2 Å². The van der Waals surface area contributed by atoms with Crippen molar-refractivity contribution < 1.29 is 25.8 Å². The average Bonchev–Trinajstić information content (AvgIpc) is 3.72. The molecule has 5 aromatic carbocycles. The summed E-state index contributed by atoms with van der Waals surface area (Å²) in [5.41, 5.74) is 4.57. The van der Waals surface area contributed by atoms with Gasteiger partial charge in [0.2, 0.25) is 0 Å². The SMILES string of the molecule is [Pt+4].[c-]1c(Oc2[c-]c(N3[CH-]N(c4ccccc4)C(c4ccccc4)=N3)ccc2)cccc1N1[CH-]N(c2ccccc2)C=N1. The molecule has 0 bridgehead atoms. The summed E-state index contributed by atoms with van der Waals surface area (Å²) in [4.78, 5) is 4.02. The first-order valence-electron chi connectivity index (χ1n) is 13.2. The Bertz CT molecular complexity index is 1700. The van der Waals surface area contributed by atoms with Crippen molar-refractivity contribution in [3.63, 3.8) is 0 Å². The Morgan fingerprint density at radius 3 is 1.79 bits per heavy atom. The van der Waals surface area contributed by atoms with Gasteiger partial charge in [-0.1, -0.05) is 78.1 Å². The molecule has 5 aromatic rings. The van der Waals surface area contributed by atoms with Gasteiger partial charge < -0.3 is 24.6 Å². The van der Waals surface area contributed by atoms with E-state index >= 15 is 0 Å². The van der Waals surface area contributed by atoms with Crippen LogP contribution in [0, 0.1) is 25.5 Å². The van der Waals surface area contributed by atoms with Crippen LogP contribution in [0.3, 0.4) is 0 Å². The van der Waals surface area contributed by atoms with Crippen molar-refractivity contribution >= 4 is 34.9 Å². The van der Waals surface area contributed by atoms with Gasteiger partial charge in [0.25, 0.3) is 0 Å². The van der Waals surface area contributed by atoms with Crippen molar-refractivity contribution in [1.82, 2.24) is 0 Å². The Labute approximate surface area is 259 Å². The van der Waals surface area contributed by atoms with Crippen LogP contribution in [-0.2, 0) is 21.1 Å². The van der Waals surface area contributed by atoms with Crippen LogP contribution in [0.25, 0.3) is 0 Å². The number of amidine groups is 1. The minimum absolute atomic E-state index is 0. The van der Waals surface area contributed by atoms with Crippen LogP contribution < -0.4 is 24.6 Å². The van der Waals surface area contributed by atoms with E-state index in [-0.39, 0.29) is 21.1 Å². The van der Waals surface area contributed by atoms with Crippen LogP contribution >= 0.6 is 0 Å². The zero-order valence-electron chi connectivity index (χ0n) is 22.3. The van der Waals surface area contributed by atoms with Crippen LogP contribution in [0.5, 0.6) is 11.5 Å². The number of hydrogen-bond donors (Lipinski definition) is 0. The predicted octanol–water partition coefficient (Wildman–Crippen LogP) is 7.27. The third-order valence-electron chi connectivity index (χ3n) is 6.53. The summed E-state index contributed by atoms with van der Waals surface area (Å²) in [6.07, 6.45) is 1.77. The molecule has 8 heteroatoms. The number of rotatable bonds is 7. The summed E-state index contributed by atoms with van der Waals surface area (Å²) in [6, 6.07) is 48.5. The topological polar surface area (TPSA) is 46.9 Å². The van der Waals surface area contributed by atoms with Crippen LogP contribution in [0.1, 0.15) is 5.56 Å². The molecule has 0 atom stereocenters. The van der Waals surface area contributed by atoms with E-state index in [4.69, 9.17) is 9.84 Å². The van der Waals surface area contributed by atoms with Gasteiger partial charge in [0.05, 0.1) is 6.34 Å². The van der Waals surface area contributed by atoms with Gasteiger partial charge in [-0.3, -0.25) is 0 Å². The van der Waals surface area contributed by atoms with Crippen molar-refractivity contribution in [1.29, 1.82) is 0 Å². The largest absolute Gasteiger partial charge is 4.00 e. The molecule has 0 spiro atoms. The van der Waals surface area contributed by atoms with E-state index in [0.29, 0.717) is 11.5 Å². The molecule has 0 radical (unpaired) electrons. The Kier molecular flexibility index (Phi) is 8.02. The molecule has 0 saturated carbocycles. The molecule has 0 aliphatic carbocycles. The van der Waals surface area contributed by atoms with Gasteiger partial charge >= 0.3 is 21.1 Å². The Morgan fingerprint density at radius 1 is 0.571 bits per heavy atom. The van der Waals surface area contributed by atoms with Crippen molar-refractivity contribution in [3.05, 3.63) is 158 Å². The maximum Gasteiger partial charge on any atom is 4.00 e. The fourth-order valence-corrected chi connectivity index (χ4v) is 4.54. The number of anilines is 4. The molecule has 2 aliphatic rings. The molecule has 0 aromatic heterocycles. The fraction of sp³-hybridized carbons (Fsp3) is 0. The number of hydrazone groups is 2. The Balaban J connectivity index is 0.00000316. The third kappa shape index (κ3) is 5.78. The van der Waals surface area contributed by atoms with Crippen molar-refractivity contribution in [2.75, 3.05) is 19.8 Å². The molecule has 42 heavy (non-hydrogen) atoms. The molecular weight excluding hydrogens is 703 g/mol. The summed E-state index contributed by atoms with van der Waals surface area (Å²) in [5.74, 6) is 1.94. The van der Waals surface area contributed by atoms with E-state index in [1.807, 2.05) is 126 Å². The zero-order chi connectivity index (χ0) is 27.4. The van der Waals surface area contributed by atoms with Crippen LogP contribution in [0.4, 0.5) is 22.7 Å². The molecule has 0 saturated heterocycles. The first-order chi connectivity index (χ1) is 20.3. The standard InChI is InChI=1S/C34H24N6O.Pt/c1-4-12-27(13-5-1)34-36-40(26-38(34)29-16-8-3-9-17-29)31-19-11-21-33(23-31)41-32-20-10-18-30(22-32)39-25-37(24-35-39)28-14-6-2-7-15-28;/h1-21,24-26H;/q-4;+4. The Morgan fingerprint density at radius 2 is 1.14 bits per heavy atom. The molecule has 0 unspecified atom stereocenters. The van der Waals surface area contributed by atoms with Gasteiger partial charge in [-0.05, 0) is 24.3 Å². The second-order valence-corrected chi connectivity index (χ2v) is 9.29. The molecule has 0 N–H and O–H groups in total. The average molecular weight is 728 g/mol. The van der Waals surface area contributed by atoms with E-state index in [1.54, 1.807) is 11.3 Å². The monoisotopic (exact) mass is 727 g/mol. The van der Waals surface area contributed by atoms with Crippen molar-refractivity contribution in [3.8, 4) is 11.5 Å². The Hall–Kier alpha value is -4.87. The number of benzene rings is 5. The van der Waals surface area contributed by atoms with Gasteiger partial charge in [0, 0.05) is 28.4 Å². The van der Waals surface area contributed by atoms with Crippen LogP contribution in [-0.4, -0.2) is 12.2 Å². The van der Waals surface area contributed by atoms with E-state index in [1.165, 1.54) is 0 Å². The maximum atomic E-state index is 6.19. The van der Waals surface area contributed by atoms with Gasteiger partial charge in [0.1, 0.15) is 5.84 Å². The summed E-state index contributed by atoms with van der Waals surface area (Å²) in [7, 11) is 0. The molecular formula is C34H24N6OPt. The summed E-state index contributed by atoms with van der Waals surface area (Å²) in [6.45, 7) is 3.86. The van der Waals surface area contributed by atoms with Gasteiger partial charge in [0.15, 0.2) is 0 Å². The molecule has 0 amide bonds. The normalized spacial score (nSPS) is 14.1. The second-order valence-electron chi connectivity index (χ2n) is 9.29. The first kappa shape index (κ1) is 27.3. The van der Waals surface area contributed by atoms with E-state index in [9.17, 15) is 0 Å². The summed E-state index contributed by atoms with van der Waals surface area (Å²) >= 11 is 0. The van der Waals surface area contributed by atoms with E-state index in [0.717, 1.165) is 34.1 Å².